The molecule has 1 amide bonds. The van der Waals surface area contributed by atoms with Gasteiger partial charge >= 0.3 is 0 Å². The fraction of sp³-hybridized carbons (Fsp3) is 0.273. The molecule has 1 N–H and O–H groups in total. The van der Waals surface area contributed by atoms with Crippen LogP contribution < -0.4 is 5.32 Å². The summed E-state index contributed by atoms with van der Waals surface area (Å²) in [5, 5.41) is 11.3. The summed E-state index contributed by atoms with van der Waals surface area (Å²) in [4.78, 5) is 11.5. The van der Waals surface area contributed by atoms with Crippen molar-refractivity contribution in [3.63, 3.8) is 0 Å². The zero-order valence-electron chi connectivity index (χ0n) is 8.65. The molecule has 1 aromatic rings. The predicted octanol–water partition coefficient (Wildman–Crippen LogP) is 2.25. The van der Waals surface area contributed by atoms with Gasteiger partial charge in [-0.15, -0.1) is 0 Å². The molecule has 0 saturated carbocycles. The van der Waals surface area contributed by atoms with E-state index in [0.29, 0.717) is 5.56 Å². The Labute approximate surface area is 93.5 Å². The number of nitrogens with zero attached hydrogens (tertiary/aromatic N) is 1. The summed E-state index contributed by atoms with van der Waals surface area (Å²) >= 11 is 1.50. The third-order valence-electron chi connectivity index (χ3n) is 2.00. The molecule has 1 aromatic carbocycles. The second-order valence-corrected chi connectivity index (χ2v) is 4.23. The predicted molar refractivity (Wildman–Crippen MR) is 62.8 cm³/mol. The maximum absolute atomic E-state index is 11.5. The largest absolute Gasteiger partial charge is 0.325 e. The third-order valence-corrected chi connectivity index (χ3v) is 2.93. The number of thioether (sulfide) groups is 1. The molecular weight excluding hydrogens is 208 g/mol. The Morgan fingerprint density at radius 1 is 1.47 bits per heavy atom. The molecule has 0 aliphatic heterocycles. The van der Waals surface area contributed by atoms with Gasteiger partial charge in [-0.25, -0.2) is 0 Å². The number of benzene rings is 1. The number of carbonyl (C=O) groups is 1. The lowest BCUT2D eigenvalue weighted by molar-refractivity contribution is -0.115. The number of hydrogen-bond acceptors (Lipinski definition) is 3. The second kappa shape index (κ2) is 5.42. The highest BCUT2D eigenvalue weighted by atomic mass is 32.2. The van der Waals surface area contributed by atoms with Gasteiger partial charge in [-0.3, -0.25) is 4.79 Å². The number of amides is 1. The van der Waals surface area contributed by atoms with Crippen molar-refractivity contribution >= 4 is 23.4 Å². The van der Waals surface area contributed by atoms with Gasteiger partial charge in [0.15, 0.2) is 0 Å². The molecule has 3 nitrogen and oxygen atoms in total. The van der Waals surface area contributed by atoms with Gasteiger partial charge in [0, 0.05) is 5.69 Å². The number of hydrogen-bond donors (Lipinski definition) is 1. The molecule has 4 heteroatoms. The minimum Gasteiger partial charge on any atom is -0.325 e. The zero-order chi connectivity index (χ0) is 11.3. The number of rotatable bonds is 3. The van der Waals surface area contributed by atoms with E-state index in [1.165, 1.54) is 11.8 Å². The maximum atomic E-state index is 11.5. The summed E-state index contributed by atoms with van der Waals surface area (Å²) in [6.07, 6.45) is 1.89. The molecule has 1 atom stereocenters. The Balaban J connectivity index is 2.66. The Hall–Kier alpha value is -1.47. The van der Waals surface area contributed by atoms with Gasteiger partial charge in [-0.2, -0.15) is 17.0 Å². The normalized spacial score (nSPS) is 11.5. The van der Waals surface area contributed by atoms with E-state index < -0.39 is 0 Å². The fourth-order valence-electron chi connectivity index (χ4n) is 0.979. The average molecular weight is 220 g/mol. The van der Waals surface area contributed by atoms with Gasteiger partial charge in [0.25, 0.3) is 0 Å². The van der Waals surface area contributed by atoms with Gasteiger partial charge in [0.1, 0.15) is 0 Å². The van der Waals surface area contributed by atoms with E-state index in [0.717, 1.165) is 5.69 Å². The molecule has 0 bridgehead atoms. The lowest BCUT2D eigenvalue weighted by Gasteiger charge is -2.09. The average Bonchev–Trinajstić information content (AvgIpc) is 2.29. The van der Waals surface area contributed by atoms with E-state index in [1.54, 1.807) is 24.3 Å². The minimum absolute atomic E-state index is 0.0211. The fourth-order valence-corrected chi connectivity index (χ4v) is 1.25. The molecule has 0 spiro atoms. The van der Waals surface area contributed by atoms with Gasteiger partial charge in [-0.05, 0) is 37.4 Å². The summed E-state index contributed by atoms with van der Waals surface area (Å²) in [6.45, 7) is 1.85. The van der Waals surface area contributed by atoms with Crippen molar-refractivity contribution in [2.45, 2.75) is 12.2 Å². The van der Waals surface area contributed by atoms with Crippen LogP contribution in [0, 0.1) is 11.3 Å². The molecule has 0 heterocycles. The monoisotopic (exact) mass is 220 g/mol. The Kier molecular flexibility index (Phi) is 4.19. The van der Waals surface area contributed by atoms with Crippen molar-refractivity contribution in [2.75, 3.05) is 11.6 Å². The summed E-state index contributed by atoms with van der Waals surface area (Å²) in [7, 11) is 0. The topological polar surface area (TPSA) is 52.9 Å². The Morgan fingerprint density at radius 2 is 2.07 bits per heavy atom. The molecule has 0 saturated heterocycles. The van der Waals surface area contributed by atoms with Crippen molar-refractivity contribution in [3.8, 4) is 6.07 Å². The molecule has 78 valence electrons. The number of carbonyl (C=O) groups excluding carboxylic acids is 1. The van der Waals surface area contributed by atoms with Crippen LogP contribution in [0.3, 0.4) is 0 Å². The van der Waals surface area contributed by atoms with E-state index in [1.807, 2.05) is 19.2 Å². The summed E-state index contributed by atoms with van der Waals surface area (Å²) in [5.41, 5.74) is 1.31. The van der Waals surface area contributed by atoms with E-state index in [4.69, 9.17) is 5.26 Å². The molecular formula is C11H12N2OS. The lowest BCUT2D eigenvalue weighted by Crippen LogP contribution is -2.21. The van der Waals surface area contributed by atoms with Crippen LogP contribution in [-0.4, -0.2) is 17.4 Å². The highest BCUT2D eigenvalue weighted by Crippen LogP contribution is 2.12. The van der Waals surface area contributed by atoms with Gasteiger partial charge in [-0.1, -0.05) is 0 Å². The maximum Gasteiger partial charge on any atom is 0.237 e. The molecule has 0 radical (unpaired) electrons. The molecule has 0 aliphatic carbocycles. The van der Waals surface area contributed by atoms with Crippen LogP contribution in [0.15, 0.2) is 24.3 Å². The van der Waals surface area contributed by atoms with Crippen LogP contribution in [-0.2, 0) is 4.79 Å². The highest BCUT2D eigenvalue weighted by molar-refractivity contribution is 7.99. The highest BCUT2D eigenvalue weighted by Gasteiger charge is 2.10. The van der Waals surface area contributed by atoms with Crippen LogP contribution in [0.1, 0.15) is 12.5 Å². The zero-order valence-corrected chi connectivity index (χ0v) is 9.47. The standard InChI is InChI=1S/C11H12N2OS/c1-8(15-2)11(14)13-10-5-3-9(7-12)4-6-10/h3-6,8H,1-2H3,(H,13,14)/t8-/m1/s1. The molecule has 0 aliphatic rings. The molecule has 0 aromatic heterocycles. The van der Waals surface area contributed by atoms with Crippen LogP contribution in [0.4, 0.5) is 5.69 Å². The van der Waals surface area contributed by atoms with Crippen LogP contribution in [0.5, 0.6) is 0 Å². The van der Waals surface area contributed by atoms with E-state index >= 15 is 0 Å². The molecule has 0 unspecified atom stereocenters. The van der Waals surface area contributed by atoms with Crippen molar-refractivity contribution in [1.82, 2.24) is 0 Å². The number of nitrogens with one attached hydrogen (secondary N) is 1. The second-order valence-electron chi connectivity index (χ2n) is 3.06. The molecule has 0 fully saturated rings. The van der Waals surface area contributed by atoms with E-state index in [-0.39, 0.29) is 11.2 Å². The van der Waals surface area contributed by atoms with Crippen LogP contribution in [0.2, 0.25) is 0 Å². The Morgan fingerprint density at radius 3 is 2.53 bits per heavy atom. The Bertz CT molecular complexity index is 381. The molecule has 1 rings (SSSR count). The van der Waals surface area contributed by atoms with Crippen molar-refractivity contribution < 1.29 is 4.79 Å². The van der Waals surface area contributed by atoms with Gasteiger partial charge in [0.2, 0.25) is 5.91 Å². The van der Waals surface area contributed by atoms with Crippen molar-refractivity contribution in [2.24, 2.45) is 0 Å². The summed E-state index contributed by atoms with van der Waals surface area (Å²) < 4.78 is 0. The minimum atomic E-state index is -0.0688. The first-order valence-electron chi connectivity index (χ1n) is 4.51. The SMILES string of the molecule is CS[C@H](C)C(=O)Nc1ccc(C#N)cc1. The smallest absolute Gasteiger partial charge is 0.237 e. The number of anilines is 1. The number of nitriles is 1. The lowest BCUT2D eigenvalue weighted by atomic mass is 10.2. The van der Waals surface area contributed by atoms with E-state index in [9.17, 15) is 4.79 Å². The first-order valence-corrected chi connectivity index (χ1v) is 5.80. The van der Waals surface area contributed by atoms with Crippen molar-refractivity contribution in [1.29, 1.82) is 5.26 Å². The van der Waals surface area contributed by atoms with Gasteiger partial charge < -0.3 is 5.32 Å². The third kappa shape index (κ3) is 3.30. The van der Waals surface area contributed by atoms with Crippen LogP contribution >= 0.6 is 11.8 Å². The van der Waals surface area contributed by atoms with Gasteiger partial charge in [0.05, 0.1) is 16.9 Å². The summed E-state index contributed by atoms with van der Waals surface area (Å²) in [6, 6.07) is 8.84. The first-order chi connectivity index (χ1) is 7.17. The van der Waals surface area contributed by atoms with Crippen LogP contribution in [0.25, 0.3) is 0 Å². The summed E-state index contributed by atoms with van der Waals surface area (Å²) in [5.74, 6) is -0.0211. The molecule has 15 heavy (non-hydrogen) atoms. The quantitative estimate of drug-likeness (QED) is 0.850. The van der Waals surface area contributed by atoms with Crippen molar-refractivity contribution in [3.05, 3.63) is 29.8 Å². The van der Waals surface area contributed by atoms with E-state index in [2.05, 4.69) is 5.32 Å². The first kappa shape index (κ1) is 11.6.